The van der Waals surface area contributed by atoms with Gasteiger partial charge in [-0.2, -0.15) is 8.78 Å². The summed E-state index contributed by atoms with van der Waals surface area (Å²) in [4.78, 5) is 16.2. The highest BCUT2D eigenvalue weighted by atomic mass is 32.2. The minimum atomic E-state index is -2.72. The predicted molar refractivity (Wildman–Crippen MR) is 96.6 cm³/mol. The van der Waals surface area contributed by atoms with E-state index in [1.54, 1.807) is 31.4 Å². The van der Waals surface area contributed by atoms with Crippen LogP contribution in [-0.2, 0) is 11.3 Å². The van der Waals surface area contributed by atoms with Crippen LogP contribution in [0.3, 0.4) is 0 Å². The van der Waals surface area contributed by atoms with Crippen LogP contribution in [0.25, 0.3) is 11.0 Å². The zero-order valence-corrected chi connectivity index (χ0v) is 14.8. The molecule has 8 heteroatoms. The number of amides is 1. The van der Waals surface area contributed by atoms with Crippen LogP contribution in [0.2, 0.25) is 0 Å². The van der Waals surface area contributed by atoms with Crippen molar-refractivity contribution < 1.29 is 18.3 Å². The Morgan fingerprint density at radius 2 is 2.08 bits per heavy atom. The van der Waals surface area contributed by atoms with E-state index in [0.717, 1.165) is 21.9 Å². The fourth-order valence-corrected chi connectivity index (χ4v) is 3.32. The number of benzene rings is 2. The standard InChI is InChI=1S/C18H17F2N3O2S/c1-25-13-6-4-5-12(9-13)10-21-16(24)11-26-18-22-14-7-2-3-8-15(14)23(18)17(19)20/h2-9,17H,10-11H2,1H3,(H,21,24). The highest BCUT2D eigenvalue weighted by Crippen LogP contribution is 2.29. The average Bonchev–Trinajstić information content (AvgIpc) is 3.03. The molecule has 3 rings (SSSR count). The average molecular weight is 377 g/mol. The van der Waals surface area contributed by atoms with Gasteiger partial charge < -0.3 is 10.1 Å². The molecule has 0 saturated heterocycles. The van der Waals surface area contributed by atoms with Gasteiger partial charge in [-0.25, -0.2) is 4.98 Å². The lowest BCUT2D eigenvalue weighted by molar-refractivity contribution is -0.118. The number of nitrogens with one attached hydrogen (secondary N) is 1. The van der Waals surface area contributed by atoms with E-state index in [2.05, 4.69) is 10.3 Å². The molecule has 0 radical (unpaired) electrons. The van der Waals surface area contributed by atoms with Gasteiger partial charge in [0.15, 0.2) is 5.16 Å². The Labute approximate surface area is 153 Å². The Bertz CT molecular complexity index is 914. The fraction of sp³-hybridized carbons (Fsp3) is 0.222. The van der Waals surface area contributed by atoms with Crippen molar-refractivity contribution in [2.75, 3.05) is 12.9 Å². The second kappa shape index (κ2) is 8.18. The number of halogens is 2. The topological polar surface area (TPSA) is 56.1 Å². The molecule has 1 aromatic heterocycles. The van der Waals surface area contributed by atoms with Crippen molar-refractivity contribution in [2.45, 2.75) is 18.3 Å². The molecular weight excluding hydrogens is 360 g/mol. The lowest BCUT2D eigenvalue weighted by atomic mass is 10.2. The molecule has 0 fully saturated rings. The molecule has 136 valence electrons. The number of para-hydroxylation sites is 2. The maximum Gasteiger partial charge on any atom is 0.321 e. The molecule has 0 aliphatic rings. The van der Waals surface area contributed by atoms with Gasteiger partial charge in [-0.3, -0.25) is 9.36 Å². The number of alkyl halides is 2. The van der Waals surface area contributed by atoms with E-state index in [0.29, 0.717) is 23.3 Å². The summed E-state index contributed by atoms with van der Waals surface area (Å²) in [5, 5.41) is 2.89. The molecular formula is C18H17F2N3O2S. The second-order valence-corrected chi connectivity index (χ2v) is 6.39. The molecule has 5 nitrogen and oxygen atoms in total. The van der Waals surface area contributed by atoms with Gasteiger partial charge in [0, 0.05) is 6.54 Å². The van der Waals surface area contributed by atoms with Crippen LogP contribution in [0, 0.1) is 0 Å². The first-order chi connectivity index (χ1) is 12.6. The minimum Gasteiger partial charge on any atom is -0.497 e. The molecule has 0 aliphatic carbocycles. The summed E-state index contributed by atoms with van der Waals surface area (Å²) in [6.45, 7) is -2.38. The van der Waals surface area contributed by atoms with E-state index >= 15 is 0 Å². The molecule has 0 atom stereocenters. The monoisotopic (exact) mass is 377 g/mol. The Hall–Kier alpha value is -2.61. The zero-order chi connectivity index (χ0) is 18.5. The molecule has 26 heavy (non-hydrogen) atoms. The van der Waals surface area contributed by atoms with Gasteiger partial charge in [0.25, 0.3) is 0 Å². The maximum absolute atomic E-state index is 13.4. The van der Waals surface area contributed by atoms with Gasteiger partial charge in [-0.15, -0.1) is 0 Å². The van der Waals surface area contributed by atoms with Gasteiger partial charge in [0.1, 0.15) is 5.75 Å². The third-order valence-electron chi connectivity index (χ3n) is 3.71. The molecule has 2 aromatic carbocycles. The van der Waals surface area contributed by atoms with Crippen LogP contribution < -0.4 is 10.1 Å². The van der Waals surface area contributed by atoms with E-state index in [-0.39, 0.29) is 16.8 Å². The fourth-order valence-electron chi connectivity index (χ4n) is 2.48. The van der Waals surface area contributed by atoms with Gasteiger partial charge in [0.2, 0.25) is 5.91 Å². The number of ether oxygens (including phenoxy) is 1. The number of carbonyl (C=O) groups is 1. The number of carbonyl (C=O) groups excluding carboxylic acids is 1. The Balaban J connectivity index is 1.62. The van der Waals surface area contributed by atoms with Crippen molar-refractivity contribution in [1.29, 1.82) is 0 Å². The molecule has 0 aliphatic heterocycles. The summed E-state index contributed by atoms with van der Waals surface area (Å²) in [7, 11) is 1.57. The second-order valence-electron chi connectivity index (χ2n) is 5.45. The number of rotatable bonds is 7. The summed E-state index contributed by atoms with van der Waals surface area (Å²) in [6.07, 6.45) is 0. The van der Waals surface area contributed by atoms with Gasteiger partial charge >= 0.3 is 6.55 Å². The van der Waals surface area contributed by atoms with Crippen LogP contribution in [0.15, 0.2) is 53.7 Å². The van der Waals surface area contributed by atoms with Gasteiger partial charge in [0.05, 0.1) is 23.9 Å². The maximum atomic E-state index is 13.4. The number of thioether (sulfide) groups is 1. The van der Waals surface area contributed by atoms with Crippen molar-refractivity contribution in [3.63, 3.8) is 0 Å². The predicted octanol–water partition coefficient (Wildman–Crippen LogP) is 3.85. The van der Waals surface area contributed by atoms with E-state index in [4.69, 9.17) is 4.74 Å². The third-order valence-corrected chi connectivity index (χ3v) is 4.67. The zero-order valence-electron chi connectivity index (χ0n) is 14.0. The molecule has 1 amide bonds. The van der Waals surface area contributed by atoms with Gasteiger partial charge in [-0.05, 0) is 29.8 Å². The molecule has 3 aromatic rings. The summed E-state index contributed by atoms with van der Waals surface area (Å²) >= 11 is 0.987. The third kappa shape index (κ3) is 4.13. The highest BCUT2D eigenvalue weighted by Gasteiger charge is 2.18. The smallest absolute Gasteiger partial charge is 0.321 e. The van der Waals surface area contributed by atoms with E-state index in [1.807, 2.05) is 24.3 Å². The van der Waals surface area contributed by atoms with Crippen LogP contribution in [0.1, 0.15) is 12.1 Å². The lowest BCUT2D eigenvalue weighted by Crippen LogP contribution is -2.24. The van der Waals surface area contributed by atoms with E-state index in [1.165, 1.54) is 0 Å². The SMILES string of the molecule is COc1cccc(CNC(=O)CSc2nc3ccccc3n2C(F)F)c1. The lowest BCUT2D eigenvalue weighted by Gasteiger charge is -2.08. The van der Waals surface area contributed by atoms with Crippen LogP contribution in [0.5, 0.6) is 5.75 Å². The first-order valence-corrected chi connectivity index (χ1v) is 8.84. The number of aromatic nitrogens is 2. The number of hydrogen-bond donors (Lipinski definition) is 1. The number of nitrogens with zero attached hydrogens (tertiary/aromatic N) is 2. The quantitative estimate of drug-likeness (QED) is 0.636. The number of imidazole rings is 1. The van der Waals surface area contributed by atoms with Gasteiger partial charge in [-0.1, -0.05) is 36.0 Å². The van der Waals surface area contributed by atoms with E-state index < -0.39 is 6.55 Å². The summed E-state index contributed by atoms with van der Waals surface area (Å²) < 4.78 is 32.7. The highest BCUT2D eigenvalue weighted by molar-refractivity contribution is 7.99. The van der Waals surface area contributed by atoms with E-state index in [9.17, 15) is 13.6 Å². The largest absolute Gasteiger partial charge is 0.497 e. The number of methoxy groups -OCH3 is 1. The molecule has 1 N–H and O–H groups in total. The first kappa shape index (κ1) is 18.2. The van der Waals surface area contributed by atoms with Crippen molar-refractivity contribution >= 4 is 28.7 Å². The molecule has 1 heterocycles. The Morgan fingerprint density at radius 1 is 1.27 bits per heavy atom. The Morgan fingerprint density at radius 3 is 2.85 bits per heavy atom. The normalized spacial score (nSPS) is 11.1. The molecule has 0 unspecified atom stereocenters. The van der Waals surface area contributed by atoms with Crippen molar-refractivity contribution in [2.24, 2.45) is 0 Å². The van der Waals surface area contributed by atoms with Crippen molar-refractivity contribution in [1.82, 2.24) is 14.9 Å². The summed E-state index contributed by atoms with van der Waals surface area (Å²) in [6, 6.07) is 14.0. The Kier molecular flexibility index (Phi) is 5.72. The van der Waals surface area contributed by atoms with Crippen LogP contribution >= 0.6 is 11.8 Å². The molecule has 0 spiro atoms. The number of hydrogen-bond acceptors (Lipinski definition) is 4. The summed E-state index contributed by atoms with van der Waals surface area (Å²) in [5.74, 6) is 0.447. The summed E-state index contributed by atoms with van der Waals surface area (Å²) in [5.41, 5.74) is 1.72. The molecule has 0 bridgehead atoms. The van der Waals surface area contributed by atoms with Crippen LogP contribution in [0.4, 0.5) is 8.78 Å². The number of fused-ring (bicyclic) bond motifs is 1. The minimum absolute atomic E-state index is 0.0000103. The van der Waals surface area contributed by atoms with Crippen LogP contribution in [-0.4, -0.2) is 28.3 Å². The molecule has 0 saturated carbocycles. The van der Waals surface area contributed by atoms with Crippen molar-refractivity contribution in [3.8, 4) is 5.75 Å². The first-order valence-electron chi connectivity index (χ1n) is 7.86. The van der Waals surface area contributed by atoms with Crippen molar-refractivity contribution in [3.05, 3.63) is 54.1 Å².